The molecule has 1 aromatic heterocycles. The summed E-state index contributed by atoms with van der Waals surface area (Å²) >= 11 is 1.37. The first kappa shape index (κ1) is 12.6. The molecular formula is C16H12N2OS. The number of hydrogen-bond acceptors (Lipinski definition) is 4. The smallest absolute Gasteiger partial charge is 0.193 e. The average Bonchev–Trinajstić information content (AvgIpc) is 2.94. The van der Waals surface area contributed by atoms with Crippen LogP contribution in [-0.2, 0) is 0 Å². The maximum atomic E-state index is 12.6. The first-order valence-corrected chi connectivity index (χ1v) is 7.04. The number of ketones is 1. The summed E-state index contributed by atoms with van der Waals surface area (Å²) in [6.07, 6.45) is 0. The van der Waals surface area contributed by atoms with Gasteiger partial charge in [0.25, 0.3) is 0 Å². The molecule has 20 heavy (non-hydrogen) atoms. The minimum Gasteiger partial charge on any atom is -0.375 e. The van der Waals surface area contributed by atoms with Crippen LogP contribution in [0.25, 0.3) is 11.3 Å². The normalized spacial score (nSPS) is 10.4. The number of nitrogens with zero attached hydrogens (tertiary/aromatic N) is 1. The first-order chi connectivity index (χ1) is 9.75. The molecule has 0 bridgehead atoms. The van der Waals surface area contributed by atoms with Crippen LogP contribution in [0.15, 0.2) is 60.0 Å². The fraction of sp³-hybridized carbons (Fsp3) is 0. The predicted molar refractivity (Wildman–Crippen MR) is 81.8 cm³/mol. The molecule has 0 aliphatic carbocycles. The average molecular weight is 280 g/mol. The number of hydrogen-bond donors (Lipinski definition) is 1. The lowest BCUT2D eigenvalue weighted by molar-refractivity contribution is 0.103. The van der Waals surface area contributed by atoms with Crippen molar-refractivity contribution in [3.63, 3.8) is 0 Å². The molecule has 0 aliphatic heterocycles. The molecule has 3 aromatic rings. The largest absolute Gasteiger partial charge is 0.375 e. The van der Waals surface area contributed by atoms with Gasteiger partial charge in [-0.05, 0) is 0 Å². The van der Waals surface area contributed by atoms with E-state index in [2.05, 4.69) is 4.98 Å². The van der Waals surface area contributed by atoms with Gasteiger partial charge in [0.1, 0.15) is 0 Å². The third-order valence-electron chi connectivity index (χ3n) is 3.01. The lowest BCUT2D eigenvalue weighted by Crippen LogP contribution is -2.03. The number of thiazole rings is 1. The number of carbonyl (C=O) groups excluding carboxylic acids is 1. The zero-order valence-electron chi connectivity index (χ0n) is 10.6. The van der Waals surface area contributed by atoms with Crippen LogP contribution < -0.4 is 5.73 Å². The molecular weight excluding hydrogens is 268 g/mol. The van der Waals surface area contributed by atoms with E-state index in [0.717, 1.165) is 11.3 Å². The molecule has 0 amide bonds. The van der Waals surface area contributed by atoms with E-state index in [-0.39, 0.29) is 5.78 Å². The fourth-order valence-electron chi connectivity index (χ4n) is 2.06. The van der Waals surface area contributed by atoms with Gasteiger partial charge in [0.05, 0.1) is 5.69 Å². The van der Waals surface area contributed by atoms with Crippen LogP contribution in [0.4, 0.5) is 5.13 Å². The van der Waals surface area contributed by atoms with Crippen molar-refractivity contribution in [2.45, 2.75) is 0 Å². The van der Waals surface area contributed by atoms with Crippen molar-refractivity contribution in [2.75, 3.05) is 5.73 Å². The molecule has 4 heteroatoms. The molecule has 0 fully saturated rings. The Kier molecular flexibility index (Phi) is 3.31. The Balaban J connectivity index is 2.09. The molecule has 3 nitrogen and oxygen atoms in total. The number of carbonyl (C=O) groups is 1. The third-order valence-corrected chi connectivity index (χ3v) is 3.68. The lowest BCUT2D eigenvalue weighted by atomic mass is 9.97. The molecule has 2 aromatic carbocycles. The van der Waals surface area contributed by atoms with E-state index in [1.54, 1.807) is 0 Å². The Labute approximate surface area is 120 Å². The molecule has 98 valence electrons. The van der Waals surface area contributed by atoms with E-state index in [9.17, 15) is 4.79 Å². The Morgan fingerprint density at radius 2 is 1.70 bits per heavy atom. The van der Waals surface area contributed by atoms with Gasteiger partial charge in [-0.15, -0.1) is 11.3 Å². The van der Waals surface area contributed by atoms with E-state index in [4.69, 9.17) is 5.73 Å². The zero-order chi connectivity index (χ0) is 13.9. The first-order valence-electron chi connectivity index (χ1n) is 6.16. The molecule has 0 saturated carbocycles. The molecule has 1 heterocycles. The molecule has 3 rings (SSSR count). The number of aromatic nitrogens is 1. The highest BCUT2D eigenvalue weighted by molar-refractivity contribution is 7.13. The van der Waals surface area contributed by atoms with Crippen molar-refractivity contribution in [2.24, 2.45) is 0 Å². The van der Waals surface area contributed by atoms with Crippen LogP contribution in [0.3, 0.4) is 0 Å². The minimum atomic E-state index is -0.00669. The second kappa shape index (κ2) is 5.27. The van der Waals surface area contributed by atoms with Crippen LogP contribution in [0, 0.1) is 0 Å². The van der Waals surface area contributed by atoms with Crippen molar-refractivity contribution in [3.05, 3.63) is 71.1 Å². The van der Waals surface area contributed by atoms with Gasteiger partial charge in [0, 0.05) is 22.1 Å². The summed E-state index contributed by atoms with van der Waals surface area (Å²) in [6.45, 7) is 0. The molecule has 0 radical (unpaired) electrons. The van der Waals surface area contributed by atoms with Gasteiger partial charge in [-0.3, -0.25) is 4.79 Å². The Bertz CT molecular complexity index is 750. The number of benzene rings is 2. The van der Waals surface area contributed by atoms with Crippen LogP contribution in [0.1, 0.15) is 15.9 Å². The quantitative estimate of drug-likeness (QED) is 0.745. The van der Waals surface area contributed by atoms with Gasteiger partial charge in [-0.25, -0.2) is 4.98 Å². The number of nitrogens with two attached hydrogens (primary N) is 1. The summed E-state index contributed by atoms with van der Waals surface area (Å²) in [7, 11) is 0. The maximum absolute atomic E-state index is 12.6. The second-order valence-corrected chi connectivity index (χ2v) is 5.20. The minimum absolute atomic E-state index is 0.00669. The van der Waals surface area contributed by atoms with Gasteiger partial charge < -0.3 is 5.73 Å². The molecule has 0 atom stereocenters. The Morgan fingerprint density at radius 1 is 1.00 bits per heavy atom. The van der Waals surface area contributed by atoms with Crippen LogP contribution in [0.5, 0.6) is 0 Å². The number of rotatable bonds is 3. The summed E-state index contributed by atoms with van der Waals surface area (Å²) in [5.74, 6) is -0.00669. The van der Waals surface area contributed by atoms with Crippen molar-refractivity contribution >= 4 is 22.3 Å². The van der Waals surface area contributed by atoms with Crippen molar-refractivity contribution < 1.29 is 4.79 Å². The van der Waals surface area contributed by atoms with E-state index >= 15 is 0 Å². The number of nitrogen functional groups attached to an aromatic ring is 1. The topological polar surface area (TPSA) is 56.0 Å². The zero-order valence-corrected chi connectivity index (χ0v) is 11.4. The van der Waals surface area contributed by atoms with Crippen LogP contribution in [0.2, 0.25) is 0 Å². The van der Waals surface area contributed by atoms with E-state index < -0.39 is 0 Å². The highest BCUT2D eigenvalue weighted by Crippen LogP contribution is 2.27. The molecule has 0 saturated heterocycles. The summed E-state index contributed by atoms with van der Waals surface area (Å²) < 4.78 is 0. The van der Waals surface area contributed by atoms with Crippen LogP contribution in [-0.4, -0.2) is 10.8 Å². The van der Waals surface area contributed by atoms with Gasteiger partial charge >= 0.3 is 0 Å². The third kappa shape index (κ3) is 2.33. The summed E-state index contributed by atoms with van der Waals surface area (Å²) in [5.41, 5.74) is 8.55. The lowest BCUT2D eigenvalue weighted by Gasteiger charge is -2.06. The Hall–Kier alpha value is -2.46. The van der Waals surface area contributed by atoms with E-state index in [1.165, 1.54) is 11.3 Å². The van der Waals surface area contributed by atoms with Gasteiger partial charge in [-0.2, -0.15) is 0 Å². The second-order valence-electron chi connectivity index (χ2n) is 4.31. The van der Waals surface area contributed by atoms with E-state index in [0.29, 0.717) is 16.3 Å². The summed E-state index contributed by atoms with van der Waals surface area (Å²) in [6, 6.07) is 16.7. The molecule has 0 spiro atoms. The Morgan fingerprint density at radius 3 is 2.40 bits per heavy atom. The van der Waals surface area contributed by atoms with Crippen LogP contribution >= 0.6 is 11.3 Å². The monoisotopic (exact) mass is 280 g/mol. The highest BCUT2D eigenvalue weighted by Gasteiger charge is 2.15. The molecule has 0 aliphatic rings. The van der Waals surface area contributed by atoms with Crippen molar-refractivity contribution in [3.8, 4) is 11.3 Å². The molecule has 0 unspecified atom stereocenters. The predicted octanol–water partition coefficient (Wildman–Crippen LogP) is 3.62. The standard InChI is InChI=1S/C16H12N2OS/c17-16-18-14(10-20-16)12-8-4-5-9-13(12)15(19)11-6-2-1-3-7-11/h1-10H,(H2,17,18). The van der Waals surface area contributed by atoms with Gasteiger partial charge in [-0.1, -0.05) is 54.6 Å². The van der Waals surface area contributed by atoms with Gasteiger partial charge in [0.15, 0.2) is 10.9 Å². The summed E-state index contributed by atoms with van der Waals surface area (Å²) in [4.78, 5) is 16.9. The number of anilines is 1. The van der Waals surface area contributed by atoms with Crippen molar-refractivity contribution in [1.82, 2.24) is 4.98 Å². The SMILES string of the molecule is Nc1nc(-c2ccccc2C(=O)c2ccccc2)cs1. The van der Waals surface area contributed by atoms with E-state index in [1.807, 2.05) is 60.0 Å². The van der Waals surface area contributed by atoms with Gasteiger partial charge in [0.2, 0.25) is 0 Å². The van der Waals surface area contributed by atoms with Crippen molar-refractivity contribution in [1.29, 1.82) is 0 Å². The summed E-state index contributed by atoms with van der Waals surface area (Å²) in [5, 5.41) is 2.37. The molecule has 2 N–H and O–H groups in total. The maximum Gasteiger partial charge on any atom is 0.193 e. The highest BCUT2D eigenvalue weighted by atomic mass is 32.1. The fourth-order valence-corrected chi connectivity index (χ4v) is 2.62.